The molecule has 0 radical (unpaired) electrons. The summed E-state index contributed by atoms with van der Waals surface area (Å²) in [6.07, 6.45) is 1.84. The molecule has 1 fully saturated rings. The van der Waals surface area contributed by atoms with Gasteiger partial charge in [0.25, 0.3) is 0 Å². The second-order valence-electron chi connectivity index (χ2n) is 4.46. The molecule has 1 saturated carbocycles. The number of hydrogen-bond donors (Lipinski definition) is 3. The van der Waals surface area contributed by atoms with Gasteiger partial charge in [0.15, 0.2) is 0 Å². The third kappa shape index (κ3) is 3.93. The Kier molecular flexibility index (Phi) is 4.06. The van der Waals surface area contributed by atoms with Crippen LogP contribution in [0.1, 0.15) is 12.8 Å². The van der Waals surface area contributed by atoms with Gasteiger partial charge < -0.3 is 10.4 Å². The molecule has 7 heteroatoms. The van der Waals surface area contributed by atoms with Crippen LogP contribution < -0.4 is 10.0 Å². The van der Waals surface area contributed by atoms with Crippen LogP contribution in [0, 0.1) is 5.92 Å². The fraction of sp³-hybridized carbons (Fsp3) is 0.417. The third-order valence-electron chi connectivity index (χ3n) is 2.81. The van der Waals surface area contributed by atoms with Crippen molar-refractivity contribution in [1.82, 2.24) is 10.0 Å². The molecule has 0 unspecified atom stereocenters. The molecule has 0 aromatic heterocycles. The molecule has 1 aliphatic rings. The van der Waals surface area contributed by atoms with Crippen molar-refractivity contribution in [3.05, 3.63) is 24.3 Å². The number of nitrogens with one attached hydrogen (secondary N) is 2. The quantitative estimate of drug-likeness (QED) is 0.650. The smallest absolute Gasteiger partial charge is 0.240 e. The van der Waals surface area contributed by atoms with Crippen LogP contribution in [-0.2, 0) is 14.8 Å². The van der Waals surface area contributed by atoms with Gasteiger partial charge in [-0.05, 0) is 37.1 Å². The highest BCUT2D eigenvalue weighted by molar-refractivity contribution is 7.89. The standard InChI is InChI=1S/C12H16N2O4S/c15-10-3-5-11(6-4-10)19(17,18)14-8-7-13-12(16)9-1-2-9/h3-6,9,14-15H,1-2,7-8H2,(H,13,16). The summed E-state index contributed by atoms with van der Waals surface area (Å²) >= 11 is 0. The van der Waals surface area contributed by atoms with Gasteiger partial charge >= 0.3 is 0 Å². The zero-order valence-electron chi connectivity index (χ0n) is 10.3. The van der Waals surface area contributed by atoms with Crippen LogP contribution in [0.15, 0.2) is 29.2 Å². The molecule has 3 N–H and O–H groups in total. The van der Waals surface area contributed by atoms with Gasteiger partial charge in [-0.25, -0.2) is 13.1 Å². The van der Waals surface area contributed by atoms with E-state index in [2.05, 4.69) is 10.0 Å². The molecule has 0 saturated heterocycles. The first kappa shape index (κ1) is 13.8. The fourth-order valence-electron chi connectivity index (χ4n) is 1.57. The molecule has 19 heavy (non-hydrogen) atoms. The van der Waals surface area contributed by atoms with E-state index >= 15 is 0 Å². The molecule has 0 bridgehead atoms. The van der Waals surface area contributed by atoms with Crippen molar-refractivity contribution in [1.29, 1.82) is 0 Å². The number of benzene rings is 1. The van der Waals surface area contributed by atoms with Crippen LogP contribution in [0.3, 0.4) is 0 Å². The number of hydrogen-bond acceptors (Lipinski definition) is 4. The molecule has 0 spiro atoms. The van der Waals surface area contributed by atoms with Crippen molar-refractivity contribution in [2.45, 2.75) is 17.7 Å². The zero-order valence-corrected chi connectivity index (χ0v) is 11.1. The van der Waals surface area contributed by atoms with Gasteiger partial charge in [0.05, 0.1) is 4.90 Å². The number of rotatable bonds is 6. The highest BCUT2D eigenvalue weighted by atomic mass is 32.2. The molecule has 1 aromatic carbocycles. The van der Waals surface area contributed by atoms with Crippen LogP contribution in [0.2, 0.25) is 0 Å². The van der Waals surface area contributed by atoms with Gasteiger partial charge in [0.1, 0.15) is 5.75 Å². The van der Waals surface area contributed by atoms with Crippen molar-refractivity contribution in [2.24, 2.45) is 5.92 Å². The molecule has 104 valence electrons. The van der Waals surface area contributed by atoms with Crippen LogP contribution in [0.25, 0.3) is 0 Å². The van der Waals surface area contributed by atoms with E-state index in [1.54, 1.807) is 0 Å². The first-order chi connectivity index (χ1) is 8.99. The maximum atomic E-state index is 11.8. The molecule has 6 nitrogen and oxygen atoms in total. The summed E-state index contributed by atoms with van der Waals surface area (Å²) in [5.74, 6) is 0.119. The first-order valence-corrected chi connectivity index (χ1v) is 7.54. The predicted molar refractivity (Wildman–Crippen MR) is 69.0 cm³/mol. The van der Waals surface area contributed by atoms with E-state index in [0.717, 1.165) is 12.8 Å². The largest absolute Gasteiger partial charge is 0.508 e. The molecular weight excluding hydrogens is 268 g/mol. The van der Waals surface area contributed by atoms with Crippen LogP contribution in [0.5, 0.6) is 5.75 Å². The lowest BCUT2D eigenvalue weighted by Gasteiger charge is -2.07. The lowest BCUT2D eigenvalue weighted by atomic mass is 10.3. The minimum absolute atomic E-state index is 0.00986. The summed E-state index contributed by atoms with van der Waals surface area (Å²) in [7, 11) is -3.59. The van der Waals surface area contributed by atoms with Crippen LogP contribution >= 0.6 is 0 Å². The summed E-state index contributed by atoms with van der Waals surface area (Å²) in [6.45, 7) is 0.411. The Morgan fingerprint density at radius 2 is 1.84 bits per heavy atom. The number of carbonyl (C=O) groups excluding carboxylic acids is 1. The molecule has 1 amide bonds. The number of carbonyl (C=O) groups is 1. The summed E-state index contributed by atoms with van der Waals surface area (Å²) in [5, 5.41) is 11.8. The topological polar surface area (TPSA) is 95.5 Å². The Labute approximate surface area is 111 Å². The Bertz CT molecular complexity index is 550. The second kappa shape index (κ2) is 5.58. The molecule has 1 aliphatic carbocycles. The normalized spacial score (nSPS) is 15.2. The third-order valence-corrected chi connectivity index (χ3v) is 4.29. The van der Waals surface area contributed by atoms with Crippen molar-refractivity contribution in [2.75, 3.05) is 13.1 Å². The molecule has 1 aromatic rings. The number of phenols is 1. The average Bonchev–Trinajstić information content (AvgIpc) is 3.19. The van der Waals surface area contributed by atoms with Crippen molar-refractivity contribution >= 4 is 15.9 Å². The highest BCUT2D eigenvalue weighted by Gasteiger charge is 2.29. The maximum absolute atomic E-state index is 11.8. The van der Waals surface area contributed by atoms with Gasteiger partial charge in [-0.1, -0.05) is 0 Å². The van der Waals surface area contributed by atoms with Crippen LogP contribution in [0.4, 0.5) is 0 Å². The lowest BCUT2D eigenvalue weighted by molar-refractivity contribution is -0.122. The van der Waals surface area contributed by atoms with E-state index in [4.69, 9.17) is 5.11 Å². The van der Waals surface area contributed by atoms with Gasteiger partial charge in [-0.15, -0.1) is 0 Å². The summed E-state index contributed by atoms with van der Waals surface area (Å²) in [4.78, 5) is 11.4. The molecule has 2 rings (SSSR count). The minimum atomic E-state index is -3.59. The Morgan fingerprint density at radius 1 is 1.21 bits per heavy atom. The zero-order chi connectivity index (χ0) is 13.9. The SMILES string of the molecule is O=C(NCCNS(=O)(=O)c1ccc(O)cc1)C1CC1. The fourth-order valence-corrected chi connectivity index (χ4v) is 2.60. The van der Waals surface area contributed by atoms with Crippen molar-refractivity contribution in [3.63, 3.8) is 0 Å². The van der Waals surface area contributed by atoms with Gasteiger partial charge in [0, 0.05) is 19.0 Å². The monoisotopic (exact) mass is 284 g/mol. The van der Waals surface area contributed by atoms with Gasteiger partial charge in [0.2, 0.25) is 15.9 Å². The Hall–Kier alpha value is -1.60. The van der Waals surface area contributed by atoms with E-state index in [0.29, 0.717) is 0 Å². The summed E-state index contributed by atoms with van der Waals surface area (Å²) < 4.78 is 26.0. The predicted octanol–water partition coefficient (Wildman–Crippen LogP) is 0.197. The number of amides is 1. The number of sulfonamides is 1. The van der Waals surface area contributed by atoms with Crippen molar-refractivity contribution in [3.8, 4) is 5.75 Å². The van der Waals surface area contributed by atoms with E-state index in [-0.39, 0.29) is 35.6 Å². The Morgan fingerprint density at radius 3 is 2.42 bits per heavy atom. The minimum Gasteiger partial charge on any atom is -0.508 e. The molecule has 0 heterocycles. The molecular formula is C12H16N2O4S. The van der Waals surface area contributed by atoms with E-state index in [1.165, 1.54) is 24.3 Å². The van der Waals surface area contributed by atoms with Gasteiger partial charge in [-0.3, -0.25) is 4.79 Å². The van der Waals surface area contributed by atoms with Gasteiger partial charge in [-0.2, -0.15) is 0 Å². The van der Waals surface area contributed by atoms with Crippen molar-refractivity contribution < 1.29 is 18.3 Å². The molecule has 0 aliphatic heterocycles. The second-order valence-corrected chi connectivity index (χ2v) is 6.22. The van der Waals surface area contributed by atoms with E-state index < -0.39 is 10.0 Å². The average molecular weight is 284 g/mol. The lowest BCUT2D eigenvalue weighted by Crippen LogP contribution is -2.35. The summed E-state index contributed by atoms with van der Waals surface area (Å²) in [6, 6.07) is 5.26. The van der Waals surface area contributed by atoms with Crippen LogP contribution in [-0.4, -0.2) is 32.5 Å². The maximum Gasteiger partial charge on any atom is 0.240 e. The number of aromatic hydroxyl groups is 1. The van der Waals surface area contributed by atoms with E-state index in [1.807, 2.05) is 0 Å². The number of phenolic OH excluding ortho intramolecular Hbond substituents is 1. The highest BCUT2D eigenvalue weighted by Crippen LogP contribution is 2.28. The molecule has 0 atom stereocenters. The summed E-state index contributed by atoms with van der Waals surface area (Å²) in [5.41, 5.74) is 0. The Balaban J connectivity index is 1.80. The first-order valence-electron chi connectivity index (χ1n) is 6.05. The van der Waals surface area contributed by atoms with E-state index in [9.17, 15) is 13.2 Å².